The Morgan fingerprint density at radius 3 is 2.67 bits per heavy atom. The molecule has 0 spiro atoms. The molecule has 2 fully saturated rings. The van der Waals surface area contributed by atoms with E-state index in [2.05, 4.69) is 41.4 Å². The minimum atomic E-state index is -0.0346. The summed E-state index contributed by atoms with van der Waals surface area (Å²) < 4.78 is 5.27. The molecule has 0 amide bonds. The van der Waals surface area contributed by atoms with E-state index in [9.17, 15) is 4.79 Å². The van der Waals surface area contributed by atoms with Crippen molar-refractivity contribution in [2.24, 2.45) is 0 Å². The lowest BCUT2D eigenvalue weighted by molar-refractivity contribution is -0.145. The molecule has 2 heterocycles. The number of esters is 1. The third-order valence-corrected chi connectivity index (χ3v) is 4.50. The van der Waals surface area contributed by atoms with E-state index in [0.29, 0.717) is 6.04 Å². The Morgan fingerprint density at radius 2 is 2.05 bits per heavy atom. The van der Waals surface area contributed by atoms with Crippen molar-refractivity contribution in [2.75, 3.05) is 18.4 Å². The van der Waals surface area contributed by atoms with Crippen molar-refractivity contribution in [1.29, 1.82) is 0 Å². The van der Waals surface area contributed by atoms with Crippen molar-refractivity contribution in [3.63, 3.8) is 0 Å². The van der Waals surface area contributed by atoms with Gasteiger partial charge in [-0.3, -0.25) is 9.69 Å². The molecule has 2 saturated heterocycles. The number of ether oxygens (including phenoxy) is 1. The van der Waals surface area contributed by atoms with Crippen molar-refractivity contribution in [1.82, 2.24) is 4.90 Å². The molecule has 0 aromatic heterocycles. The first-order chi connectivity index (χ1) is 10.1. The smallest absolute Gasteiger partial charge is 0.323 e. The highest BCUT2D eigenvalue weighted by molar-refractivity contribution is 5.78. The summed E-state index contributed by atoms with van der Waals surface area (Å²) >= 11 is 0. The van der Waals surface area contributed by atoms with Gasteiger partial charge in [0.05, 0.1) is 0 Å². The molecule has 1 aromatic rings. The van der Waals surface area contributed by atoms with Gasteiger partial charge in [0.25, 0.3) is 0 Å². The highest BCUT2D eigenvalue weighted by Gasteiger charge is 2.37. The van der Waals surface area contributed by atoms with Gasteiger partial charge in [0.1, 0.15) is 12.1 Å². The number of benzene rings is 1. The van der Waals surface area contributed by atoms with Gasteiger partial charge in [-0.1, -0.05) is 12.1 Å². The fourth-order valence-corrected chi connectivity index (χ4v) is 3.36. The van der Waals surface area contributed by atoms with Gasteiger partial charge in [-0.05, 0) is 44.4 Å². The van der Waals surface area contributed by atoms with Crippen molar-refractivity contribution < 1.29 is 9.53 Å². The van der Waals surface area contributed by atoms with Gasteiger partial charge in [-0.15, -0.1) is 0 Å². The Balaban J connectivity index is 1.52. The van der Waals surface area contributed by atoms with Crippen LogP contribution >= 0.6 is 0 Å². The summed E-state index contributed by atoms with van der Waals surface area (Å²) in [6, 6.07) is 8.99. The summed E-state index contributed by atoms with van der Waals surface area (Å²) in [7, 11) is 0. The topological polar surface area (TPSA) is 41.6 Å². The van der Waals surface area contributed by atoms with Gasteiger partial charge in [-0.2, -0.15) is 0 Å². The highest BCUT2D eigenvalue weighted by Crippen LogP contribution is 2.24. The average molecular weight is 288 g/mol. The lowest BCUT2D eigenvalue weighted by Crippen LogP contribution is -2.46. The van der Waals surface area contributed by atoms with Crippen molar-refractivity contribution in [2.45, 2.75) is 51.3 Å². The number of anilines is 1. The monoisotopic (exact) mass is 288 g/mol. The quantitative estimate of drug-likeness (QED) is 0.868. The van der Waals surface area contributed by atoms with Crippen molar-refractivity contribution >= 4 is 11.7 Å². The molecule has 0 saturated carbocycles. The molecule has 3 rings (SSSR count). The maximum Gasteiger partial charge on any atom is 0.323 e. The summed E-state index contributed by atoms with van der Waals surface area (Å²) in [6.45, 7) is 6.02. The SMILES string of the molecule is Cc1cccc(NC2CCN([C@@H]3C[C@H](C)OC3=O)CC2)c1. The van der Waals surface area contributed by atoms with Crippen LogP contribution in [0.1, 0.15) is 31.7 Å². The Hall–Kier alpha value is -1.55. The fourth-order valence-electron chi connectivity index (χ4n) is 3.36. The zero-order valence-electron chi connectivity index (χ0n) is 12.8. The predicted octanol–water partition coefficient (Wildman–Crippen LogP) is 2.58. The molecule has 2 aliphatic heterocycles. The van der Waals surface area contributed by atoms with E-state index < -0.39 is 0 Å². The number of piperidine rings is 1. The van der Waals surface area contributed by atoms with Crippen molar-refractivity contribution in [3.05, 3.63) is 29.8 Å². The normalized spacial score (nSPS) is 27.6. The van der Waals surface area contributed by atoms with E-state index in [1.54, 1.807) is 0 Å². The maximum absolute atomic E-state index is 11.8. The summed E-state index contributed by atoms with van der Waals surface area (Å²) in [6.07, 6.45) is 3.07. The molecular weight excluding hydrogens is 264 g/mol. The number of nitrogens with zero attached hydrogens (tertiary/aromatic N) is 1. The van der Waals surface area contributed by atoms with Crippen LogP contribution < -0.4 is 5.32 Å². The summed E-state index contributed by atoms with van der Waals surface area (Å²) in [5, 5.41) is 3.61. The number of hydrogen-bond donors (Lipinski definition) is 1. The standard InChI is InChI=1S/C17H24N2O2/c1-12-4-3-5-15(10-12)18-14-6-8-19(9-7-14)16-11-13(2)21-17(16)20/h3-5,10,13-14,16,18H,6-9,11H2,1-2H3/t13-,16+/m0/s1. The Kier molecular flexibility index (Phi) is 4.15. The number of carbonyl (C=O) groups excluding carboxylic acids is 1. The van der Waals surface area contributed by atoms with E-state index in [1.165, 1.54) is 11.3 Å². The Morgan fingerprint density at radius 1 is 1.29 bits per heavy atom. The van der Waals surface area contributed by atoms with Crippen LogP contribution in [0, 0.1) is 6.92 Å². The third kappa shape index (κ3) is 3.38. The van der Waals surface area contributed by atoms with Gasteiger partial charge in [0.2, 0.25) is 0 Å². The fraction of sp³-hybridized carbons (Fsp3) is 0.588. The van der Waals surface area contributed by atoms with Crippen LogP contribution in [0.25, 0.3) is 0 Å². The number of carbonyl (C=O) groups is 1. The summed E-state index contributed by atoms with van der Waals surface area (Å²) in [5.41, 5.74) is 2.47. The summed E-state index contributed by atoms with van der Waals surface area (Å²) in [4.78, 5) is 14.1. The zero-order valence-corrected chi connectivity index (χ0v) is 12.8. The molecule has 1 N–H and O–H groups in total. The predicted molar refractivity (Wildman–Crippen MR) is 83.4 cm³/mol. The van der Waals surface area contributed by atoms with E-state index in [4.69, 9.17) is 4.74 Å². The lowest BCUT2D eigenvalue weighted by Gasteiger charge is -2.35. The van der Waals surface area contributed by atoms with E-state index in [1.807, 2.05) is 6.92 Å². The first kappa shape index (κ1) is 14.4. The molecule has 4 heteroatoms. The molecule has 21 heavy (non-hydrogen) atoms. The largest absolute Gasteiger partial charge is 0.461 e. The van der Waals surface area contributed by atoms with Gasteiger partial charge in [-0.25, -0.2) is 0 Å². The molecule has 0 aliphatic carbocycles. The molecule has 2 aliphatic rings. The van der Waals surface area contributed by atoms with Gasteiger partial charge >= 0.3 is 5.97 Å². The Labute approximate surface area is 126 Å². The van der Waals surface area contributed by atoms with Gasteiger partial charge in [0.15, 0.2) is 0 Å². The van der Waals surface area contributed by atoms with Crippen LogP contribution in [0.2, 0.25) is 0 Å². The number of nitrogens with one attached hydrogen (secondary N) is 1. The third-order valence-electron chi connectivity index (χ3n) is 4.50. The first-order valence-corrected chi connectivity index (χ1v) is 7.89. The Bertz CT molecular complexity index is 509. The molecule has 0 bridgehead atoms. The minimum absolute atomic E-state index is 0.0140. The molecule has 114 valence electrons. The highest BCUT2D eigenvalue weighted by atomic mass is 16.6. The number of aryl methyl sites for hydroxylation is 1. The van der Waals surface area contributed by atoms with Crippen LogP contribution in [0.4, 0.5) is 5.69 Å². The number of likely N-dealkylation sites (tertiary alicyclic amines) is 1. The second-order valence-electron chi connectivity index (χ2n) is 6.32. The first-order valence-electron chi connectivity index (χ1n) is 7.89. The summed E-state index contributed by atoms with van der Waals surface area (Å²) in [5.74, 6) is -0.0346. The van der Waals surface area contributed by atoms with E-state index in [0.717, 1.165) is 32.4 Å². The zero-order chi connectivity index (χ0) is 14.8. The number of cyclic esters (lactones) is 1. The molecule has 0 unspecified atom stereocenters. The number of rotatable bonds is 3. The maximum atomic E-state index is 11.8. The van der Waals surface area contributed by atoms with Crippen LogP contribution in [-0.4, -0.2) is 42.1 Å². The van der Waals surface area contributed by atoms with Gasteiger partial charge in [0, 0.05) is 31.2 Å². The van der Waals surface area contributed by atoms with E-state index >= 15 is 0 Å². The average Bonchev–Trinajstić information content (AvgIpc) is 2.79. The van der Waals surface area contributed by atoms with E-state index in [-0.39, 0.29) is 18.1 Å². The molecule has 0 radical (unpaired) electrons. The minimum Gasteiger partial charge on any atom is -0.461 e. The van der Waals surface area contributed by atoms with Crippen molar-refractivity contribution in [3.8, 4) is 0 Å². The van der Waals surface area contributed by atoms with Crippen LogP contribution in [0.15, 0.2) is 24.3 Å². The van der Waals surface area contributed by atoms with Crippen LogP contribution in [0.5, 0.6) is 0 Å². The van der Waals surface area contributed by atoms with Crippen LogP contribution in [0.3, 0.4) is 0 Å². The molecular formula is C17H24N2O2. The molecule has 2 atom stereocenters. The second kappa shape index (κ2) is 6.06. The van der Waals surface area contributed by atoms with Crippen LogP contribution in [-0.2, 0) is 9.53 Å². The number of hydrogen-bond acceptors (Lipinski definition) is 4. The lowest BCUT2D eigenvalue weighted by atomic mass is 10.0. The van der Waals surface area contributed by atoms with Gasteiger partial charge < -0.3 is 10.1 Å². The second-order valence-corrected chi connectivity index (χ2v) is 6.32. The molecule has 4 nitrogen and oxygen atoms in total. The molecule has 1 aromatic carbocycles.